The maximum Gasteiger partial charge on any atom is 0.368 e. The number of ether oxygens (including phenoxy) is 1. The van der Waals surface area contributed by atoms with Crippen molar-refractivity contribution in [2.24, 2.45) is 11.8 Å². The number of hydrogen-bond acceptors (Lipinski definition) is 4. The summed E-state index contributed by atoms with van der Waals surface area (Å²) in [5, 5.41) is 1.66. The Balaban J connectivity index is 2.17. The van der Waals surface area contributed by atoms with Crippen molar-refractivity contribution in [3.63, 3.8) is 0 Å². The molecule has 2 aliphatic rings. The average molecular weight is 349 g/mol. The number of likely N-dealkylation sites (tertiary alicyclic amines) is 1. The molecular weight excluding hydrogens is 327 g/mol. The first-order valence-corrected chi connectivity index (χ1v) is 8.47. The molecule has 6 nitrogen and oxygen atoms in total. The second-order valence-electron chi connectivity index (χ2n) is 6.52. The summed E-state index contributed by atoms with van der Waals surface area (Å²) in [4.78, 5) is 39.5. The highest BCUT2D eigenvalue weighted by Crippen LogP contribution is 2.45. The lowest BCUT2D eigenvalue weighted by Crippen LogP contribution is -2.98. The van der Waals surface area contributed by atoms with E-state index in [1.807, 2.05) is 0 Å². The van der Waals surface area contributed by atoms with Gasteiger partial charge in [-0.25, -0.2) is 9.18 Å². The van der Waals surface area contributed by atoms with Crippen LogP contribution in [0, 0.1) is 17.7 Å². The highest BCUT2D eigenvalue weighted by Gasteiger charge is 2.71. The van der Waals surface area contributed by atoms with Gasteiger partial charge in [0, 0.05) is 18.5 Å². The number of rotatable bonds is 4. The van der Waals surface area contributed by atoms with Crippen LogP contribution in [0.25, 0.3) is 0 Å². The number of esters is 1. The first-order chi connectivity index (χ1) is 11.9. The minimum absolute atomic E-state index is 0.232. The molecule has 1 aromatic rings. The summed E-state index contributed by atoms with van der Waals surface area (Å²) in [7, 11) is 1.26. The molecule has 1 aromatic carbocycles. The van der Waals surface area contributed by atoms with Gasteiger partial charge >= 0.3 is 5.97 Å². The topological polar surface area (TPSA) is 80.3 Å². The van der Waals surface area contributed by atoms with E-state index in [1.54, 1.807) is 37.4 Å². The number of fused-ring (bicyclic) bond motifs is 1. The lowest BCUT2D eigenvalue weighted by Gasteiger charge is -2.28. The number of benzene rings is 1. The van der Waals surface area contributed by atoms with Crippen LogP contribution >= 0.6 is 0 Å². The Morgan fingerprint density at radius 3 is 2.52 bits per heavy atom. The molecule has 134 valence electrons. The minimum Gasteiger partial charge on any atom is -0.464 e. The van der Waals surface area contributed by atoms with Crippen LogP contribution in [0.3, 0.4) is 0 Å². The monoisotopic (exact) mass is 349 g/mol. The molecule has 0 radical (unpaired) electrons. The molecule has 2 aliphatic heterocycles. The molecule has 2 fully saturated rings. The number of carbonyl (C=O) groups is 3. The Kier molecular flexibility index (Phi) is 4.36. The number of carbonyl (C=O) groups excluding carboxylic acids is 3. The van der Waals surface area contributed by atoms with E-state index in [1.165, 1.54) is 18.1 Å². The van der Waals surface area contributed by atoms with Crippen molar-refractivity contribution in [2.45, 2.75) is 31.8 Å². The lowest BCUT2D eigenvalue weighted by molar-refractivity contribution is -0.734. The zero-order chi connectivity index (χ0) is 18.4. The summed E-state index contributed by atoms with van der Waals surface area (Å²) >= 11 is 0. The minimum atomic E-state index is -1.22. The number of quaternary nitrogens is 1. The maximum atomic E-state index is 14.4. The number of imide groups is 1. The number of nitrogens with two attached hydrogens (primary N) is 1. The Morgan fingerprint density at radius 2 is 1.96 bits per heavy atom. The molecule has 0 saturated carbocycles. The zero-order valence-corrected chi connectivity index (χ0v) is 14.5. The van der Waals surface area contributed by atoms with Crippen molar-refractivity contribution in [1.29, 1.82) is 0 Å². The molecule has 2 saturated heterocycles. The van der Waals surface area contributed by atoms with Crippen molar-refractivity contribution in [2.75, 3.05) is 13.7 Å². The SMILES string of the molecule is CCN1C(=O)[C@@H]2[C@H](c3ccccc3F)[NH2+][C@@](CC)(C(=O)OC)[C@H]2C1=O. The number of nitrogens with zero attached hydrogens (tertiary/aromatic N) is 1. The first kappa shape index (κ1) is 17.5. The average Bonchev–Trinajstić information content (AvgIpc) is 3.09. The molecule has 0 unspecified atom stereocenters. The first-order valence-electron chi connectivity index (χ1n) is 8.47. The standard InChI is InChI=1S/C18H21FN2O4/c1-4-18(17(24)25-3)13-12(15(22)21(5-2)16(13)23)14(20-18)10-8-6-7-9-11(10)19/h6-9,12-14,20H,4-5H2,1-3H3/p+1/t12-,13+,14-,18+/m0/s1. The fourth-order valence-electron chi connectivity index (χ4n) is 4.39. The molecule has 2 N–H and O–H groups in total. The maximum absolute atomic E-state index is 14.4. The molecule has 3 rings (SSSR count). The highest BCUT2D eigenvalue weighted by atomic mass is 19.1. The molecule has 0 bridgehead atoms. The molecule has 25 heavy (non-hydrogen) atoms. The Morgan fingerprint density at radius 1 is 1.28 bits per heavy atom. The summed E-state index contributed by atoms with van der Waals surface area (Å²) in [6, 6.07) is 5.53. The lowest BCUT2D eigenvalue weighted by atomic mass is 9.78. The van der Waals surface area contributed by atoms with Gasteiger partial charge in [0.2, 0.25) is 17.4 Å². The van der Waals surface area contributed by atoms with E-state index in [0.29, 0.717) is 12.0 Å². The van der Waals surface area contributed by atoms with E-state index in [9.17, 15) is 18.8 Å². The number of halogens is 1. The normalized spacial score (nSPS) is 31.4. The molecule has 0 aromatic heterocycles. The van der Waals surface area contributed by atoms with Crippen molar-refractivity contribution >= 4 is 17.8 Å². The van der Waals surface area contributed by atoms with Crippen molar-refractivity contribution in [1.82, 2.24) is 4.90 Å². The smallest absolute Gasteiger partial charge is 0.368 e. The van der Waals surface area contributed by atoms with Crippen LogP contribution in [-0.2, 0) is 19.1 Å². The predicted molar refractivity (Wildman–Crippen MR) is 85.5 cm³/mol. The summed E-state index contributed by atoms with van der Waals surface area (Å²) in [6.45, 7) is 3.72. The second-order valence-corrected chi connectivity index (χ2v) is 6.52. The van der Waals surface area contributed by atoms with Gasteiger partial charge in [-0.15, -0.1) is 0 Å². The molecule has 4 atom stereocenters. The fourth-order valence-corrected chi connectivity index (χ4v) is 4.39. The van der Waals surface area contributed by atoms with Gasteiger partial charge < -0.3 is 10.1 Å². The van der Waals surface area contributed by atoms with Crippen LogP contribution in [0.4, 0.5) is 4.39 Å². The van der Waals surface area contributed by atoms with E-state index in [-0.39, 0.29) is 18.4 Å². The van der Waals surface area contributed by atoms with Crippen LogP contribution in [0.5, 0.6) is 0 Å². The van der Waals surface area contributed by atoms with Crippen molar-refractivity contribution in [3.05, 3.63) is 35.6 Å². The largest absolute Gasteiger partial charge is 0.464 e. The van der Waals surface area contributed by atoms with Crippen LogP contribution in [-0.4, -0.2) is 41.9 Å². The van der Waals surface area contributed by atoms with Crippen molar-refractivity contribution < 1.29 is 28.8 Å². The Hall–Kier alpha value is -2.28. The van der Waals surface area contributed by atoms with Crippen LogP contribution in [0.2, 0.25) is 0 Å². The number of hydrogen-bond donors (Lipinski definition) is 1. The number of methoxy groups -OCH3 is 1. The molecule has 2 heterocycles. The molecule has 7 heteroatoms. The van der Waals surface area contributed by atoms with Gasteiger partial charge in [-0.3, -0.25) is 14.5 Å². The van der Waals surface area contributed by atoms with Gasteiger partial charge in [-0.2, -0.15) is 0 Å². The van der Waals surface area contributed by atoms with Gasteiger partial charge in [-0.1, -0.05) is 25.1 Å². The fraction of sp³-hybridized carbons (Fsp3) is 0.500. The van der Waals surface area contributed by atoms with Gasteiger partial charge in [0.25, 0.3) is 0 Å². The van der Waals surface area contributed by atoms with Gasteiger partial charge in [-0.05, 0) is 13.0 Å². The molecule has 2 amide bonds. The highest BCUT2D eigenvalue weighted by molar-refractivity contribution is 6.08. The summed E-state index contributed by atoms with van der Waals surface area (Å²) in [5.41, 5.74) is -0.890. The van der Waals surface area contributed by atoms with E-state index in [4.69, 9.17) is 4.74 Å². The predicted octanol–water partition coefficient (Wildman–Crippen LogP) is 0.387. The third kappa shape index (κ3) is 2.29. The van der Waals surface area contributed by atoms with Crippen LogP contribution in [0.15, 0.2) is 24.3 Å². The second kappa shape index (κ2) is 6.22. The zero-order valence-electron chi connectivity index (χ0n) is 14.5. The van der Waals surface area contributed by atoms with Gasteiger partial charge in [0.15, 0.2) is 0 Å². The third-order valence-corrected chi connectivity index (χ3v) is 5.59. The Bertz CT molecular complexity index is 738. The van der Waals surface area contributed by atoms with Gasteiger partial charge in [0.1, 0.15) is 23.7 Å². The quantitative estimate of drug-likeness (QED) is 0.630. The summed E-state index contributed by atoms with van der Waals surface area (Å²) in [6.07, 6.45) is 0.308. The summed E-state index contributed by atoms with van der Waals surface area (Å²) in [5.74, 6) is -3.34. The van der Waals surface area contributed by atoms with Gasteiger partial charge in [0.05, 0.1) is 7.11 Å². The van der Waals surface area contributed by atoms with Crippen LogP contribution < -0.4 is 5.32 Å². The van der Waals surface area contributed by atoms with E-state index in [2.05, 4.69) is 0 Å². The van der Waals surface area contributed by atoms with E-state index >= 15 is 0 Å². The summed E-state index contributed by atoms with van der Waals surface area (Å²) < 4.78 is 19.4. The molecule has 0 aliphatic carbocycles. The number of amides is 2. The van der Waals surface area contributed by atoms with Crippen LogP contribution in [0.1, 0.15) is 31.9 Å². The van der Waals surface area contributed by atoms with E-state index in [0.717, 1.165) is 0 Å². The third-order valence-electron chi connectivity index (χ3n) is 5.59. The van der Waals surface area contributed by atoms with E-state index < -0.39 is 35.2 Å². The molecule has 0 spiro atoms. The Labute approximate surface area is 145 Å². The van der Waals surface area contributed by atoms with Crippen molar-refractivity contribution in [3.8, 4) is 0 Å². The molecular formula is C18H22FN2O4+.